The van der Waals surface area contributed by atoms with Crippen molar-refractivity contribution < 1.29 is 43.1 Å². The number of fused-ring (bicyclic) bond motifs is 4. The molecule has 22 heteroatoms. The second-order valence-electron chi connectivity index (χ2n) is 22.4. The molecule has 4 bridgehead atoms. The zero-order valence-electron chi connectivity index (χ0n) is 49.9. The molecule has 0 spiro atoms. The first-order chi connectivity index (χ1) is 41.1. The third-order valence-corrected chi connectivity index (χ3v) is 23.1. The van der Waals surface area contributed by atoms with Crippen LogP contribution in [-0.2, 0) is 79.4 Å². The SMILES string of the molecule is COc1cc2nc(c1)CN(S(=O)(=O)c1ccc(C)cc1)CCCN(Cc1ccc(CN3CCCN(S(=O)(=O)c4ccc(C)cc4)Cc4cc(OC)cc(n4)CN(S(=O)(=O)c4ccc(C)cc4)CCC3)cc1)CCCN(S(=O)(=O)c1ccc(C)cc1)C2. The van der Waals surface area contributed by atoms with E-state index in [9.17, 15) is 33.7 Å². The summed E-state index contributed by atoms with van der Waals surface area (Å²) < 4.78 is 133. The Kier molecular flexibility index (Phi) is 21.0. The van der Waals surface area contributed by atoms with Gasteiger partial charge in [0, 0.05) is 63.5 Å². The van der Waals surface area contributed by atoms with Crippen molar-refractivity contribution >= 4 is 40.1 Å². The Morgan fingerprint density at radius 1 is 0.337 bits per heavy atom. The van der Waals surface area contributed by atoms with Crippen molar-refractivity contribution in [3.63, 3.8) is 0 Å². The average molecular weight is 1250 g/mol. The van der Waals surface area contributed by atoms with Gasteiger partial charge in [0.15, 0.2) is 0 Å². The number of nitrogens with zero attached hydrogens (tertiary/aromatic N) is 8. The van der Waals surface area contributed by atoms with E-state index in [2.05, 4.69) is 34.1 Å². The molecule has 458 valence electrons. The molecule has 0 aliphatic carbocycles. The number of hydrogen-bond donors (Lipinski definition) is 0. The van der Waals surface area contributed by atoms with Gasteiger partial charge in [-0.1, -0.05) is 95.1 Å². The fourth-order valence-corrected chi connectivity index (χ4v) is 16.6. The normalized spacial score (nSPS) is 17.1. The number of aromatic nitrogens is 2. The predicted molar refractivity (Wildman–Crippen MR) is 332 cm³/mol. The summed E-state index contributed by atoms with van der Waals surface area (Å²) in [5.74, 6) is 0.874. The van der Waals surface area contributed by atoms with Gasteiger partial charge < -0.3 is 9.47 Å². The van der Waals surface area contributed by atoms with E-state index in [-0.39, 0.29) is 71.9 Å². The van der Waals surface area contributed by atoms with Crippen LogP contribution in [0.15, 0.2) is 165 Å². The number of benzene rings is 5. The highest BCUT2D eigenvalue weighted by molar-refractivity contribution is 7.90. The number of ether oxygens (including phenoxy) is 2. The van der Waals surface area contributed by atoms with Crippen LogP contribution in [0.2, 0.25) is 0 Å². The molecule has 2 aliphatic rings. The van der Waals surface area contributed by atoms with E-state index in [0.29, 0.717) is 99.2 Å². The molecule has 0 saturated carbocycles. The smallest absolute Gasteiger partial charge is 0.243 e. The molecule has 0 amide bonds. The summed E-state index contributed by atoms with van der Waals surface area (Å²) in [6.07, 6.45) is 1.85. The predicted octanol–water partition coefficient (Wildman–Crippen LogP) is 9.08. The molecule has 0 radical (unpaired) electrons. The third-order valence-electron chi connectivity index (χ3n) is 15.6. The Morgan fingerprint density at radius 2 is 0.558 bits per heavy atom. The number of pyridine rings is 2. The first-order valence-electron chi connectivity index (χ1n) is 29.0. The molecular weight excluding hydrogens is 1170 g/mol. The summed E-state index contributed by atoms with van der Waals surface area (Å²) >= 11 is 0. The van der Waals surface area contributed by atoms with Gasteiger partial charge in [-0.05, 0) is 139 Å². The van der Waals surface area contributed by atoms with Crippen LogP contribution in [0.1, 0.15) is 81.8 Å². The van der Waals surface area contributed by atoms with E-state index in [1.165, 1.54) is 31.4 Å². The second-order valence-corrected chi connectivity index (χ2v) is 30.1. The lowest BCUT2D eigenvalue weighted by atomic mass is 10.1. The number of sulfonamides is 4. The van der Waals surface area contributed by atoms with Crippen molar-refractivity contribution in [2.24, 2.45) is 0 Å². The Balaban J connectivity index is 0.978. The molecule has 2 aromatic heterocycles. The van der Waals surface area contributed by atoms with Crippen molar-refractivity contribution in [1.82, 2.24) is 37.0 Å². The summed E-state index contributed by atoms with van der Waals surface area (Å²) in [6.45, 7) is 11.1. The molecule has 2 aliphatic heterocycles. The Hall–Kier alpha value is -6.44. The van der Waals surface area contributed by atoms with E-state index >= 15 is 0 Å². The lowest BCUT2D eigenvalue weighted by Gasteiger charge is -2.29. The number of methoxy groups -OCH3 is 2. The van der Waals surface area contributed by atoms with Gasteiger partial charge in [-0.3, -0.25) is 19.8 Å². The monoisotopic (exact) mass is 1250 g/mol. The minimum Gasteiger partial charge on any atom is -0.497 e. The maximum Gasteiger partial charge on any atom is 0.243 e. The fourth-order valence-electron chi connectivity index (χ4n) is 10.8. The molecule has 0 unspecified atom stereocenters. The minimum atomic E-state index is -4.01. The van der Waals surface area contributed by atoms with E-state index in [1.807, 2.05) is 27.7 Å². The molecular formula is C64H78N8O10S4. The van der Waals surface area contributed by atoms with Gasteiger partial charge in [0.25, 0.3) is 0 Å². The molecule has 0 N–H and O–H groups in total. The molecule has 5 aromatic carbocycles. The van der Waals surface area contributed by atoms with Crippen LogP contribution in [0.4, 0.5) is 0 Å². The molecule has 18 nitrogen and oxygen atoms in total. The maximum absolute atomic E-state index is 14.5. The van der Waals surface area contributed by atoms with Crippen LogP contribution in [0, 0.1) is 27.7 Å². The highest BCUT2D eigenvalue weighted by atomic mass is 32.2. The van der Waals surface area contributed by atoms with Crippen LogP contribution >= 0.6 is 0 Å². The lowest BCUT2D eigenvalue weighted by Crippen LogP contribution is -2.37. The van der Waals surface area contributed by atoms with Crippen LogP contribution in [0.25, 0.3) is 0 Å². The number of rotatable bonds is 14. The number of aryl methyl sites for hydroxylation is 4. The molecule has 4 heterocycles. The first-order valence-corrected chi connectivity index (χ1v) is 34.7. The summed E-state index contributed by atoms with van der Waals surface area (Å²) in [6, 6.07) is 42.1. The van der Waals surface area contributed by atoms with Crippen molar-refractivity contribution in [2.75, 3.05) is 66.6 Å². The first kappa shape index (κ1) is 64.0. The van der Waals surface area contributed by atoms with Crippen molar-refractivity contribution in [3.05, 3.63) is 202 Å². The third kappa shape index (κ3) is 16.2. The van der Waals surface area contributed by atoms with Crippen LogP contribution in [0.3, 0.4) is 0 Å². The largest absolute Gasteiger partial charge is 0.497 e. The van der Waals surface area contributed by atoms with Crippen LogP contribution < -0.4 is 9.47 Å². The van der Waals surface area contributed by atoms with Crippen molar-refractivity contribution in [2.45, 2.75) is 112 Å². The van der Waals surface area contributed by atoms with Crippen LogP contribution in [-0.4, -0.2) is 137 Å². The van der Waals surface area contributed by atoms with Gasteiger partial charge in [0.1, 0.15) is 11.5 Å². The van der Waals surface area contributed by atoms with Gasteiger partial charge in [0.05, 0.1) is 82.8 Å². The van der Waals surface area contributed by atoms with Gasteiger partial charge in [-0.2, -0.15) is 17.2 Å². The van der Waals surface area contributed by atoms with E-state index in [0.717, 1.165) is 33.4 Å². The zero-order chi connectivity index (χ0) is 61.2. The minimum absolute atomic E-state index is 0.0690. The van der Waals surface area contributed by atoms with E-state index < -0.39 is 40.1 Å². The number of hydrogen-bond acceptors (Lipinski definition) is 14. The molecule has 9 rings (SSSR count). The van der Waals surface area contributed by atoms with Crippen LogP contribution in [0.5, 0.6) is 11.5 Å². The molecule has 0 saturated heterocycles. The quantitative estimate of drug-likeness (QED) is 0.0998. The Morgan fingerprint density at radius 3 is 0.767 bits per heavy atom. The van der Waals surface area contributed by atoms with E-state index in [1.54, 1.807) is 121 Å². The highest BCUT2D eigenvalue weighted by Gasteiger charge is 2.31. The van der Waals surface area contributed by atoms with Gasteiger partial charge in [-0.15, -0.1) is 0 Å². The highest BCUT2D eigenvalue weighted by Crippen LogP contribution is 2.28. The summed E-state index contributed by atoms with van der Waals surface area (Å²) in [4.78, 5) is 14.8. The van der Waals surface area contributed by atoms with E-state index in [4.69, 9.17) is 19.4 Å². The van der Waals surface area contributed by atoms with Crippen molar-refractivity contribution in [1.29, 1.82) is 0 Å². The molecule has 7 aromatic rings. The zero-order valence-corrected chi connectivity index (χ0v) is 53.1. The lowest BCUT2D eigenvalue weighted by molar-refractivity contribution is 0.235. The van der Waals surface area contributed by atoms with Crippen molar-refractivity contribution in [3.8, 4) is 11.5 Å². The average Bonchev–Trinajstić information content (AvgIpc) is 1.84. The van der Waals surface area contributed by atoms with Gasteiger partial charge in [-0.25, -0.2) is 33.7 Å². The fraction of sp³-hybridized carbons (Fsp3) is 0.375. The summed E-state index contributed by atoms with van der Waals surface area (Å²) in [7, 11) is -13.0. The topological polar surface area (TPSA) is 200 Å². The Labute approximate surface area is 509 Å². The molecule has 0 atom stereocenters. The maximum atomic E-state index is 14.5. The summed E-state index contributed by atoms with van der Waals surface area (Å²) in [5, 5.41) is 0. The van der Waals surface area contributed by atoms with Gasteiger partial charge >= 0.3 is 0 Å². The molecule has 86 heavy (non-hydrogen) atoms. The molecule has 0 fully saturated rings. The standard InChI is InChI=1S/C64H78N8O10S4/c1-49-11-23-61(24-12-49)83(73,74)69-35-7-31-67(32-8-36-70(84(75,76)62-25-13-50(2)14-26-62)46-56-40-59(81-5)39-55(45-69)65-56)43-53-19-21-54(22-20-53)44-68-33-9-37-71(85(77,78)63-27-15-51(3)16-28-63)47-57-41-60(82-6)42-58(66-57)48-72(38-10-34-68)86(79,80)64-29-17-52(4)18-30-64/h11-30,39-42H,7-10,31-38,43-48H2,1-6H3. The second kappa shape index (κ2) is 28.2. The Bertz CT molecular complexity index is 3420. The van der Waals surface area contributed by atoms with Gasteiger partial charge in [0.2, 0.25) is 40.1 Å². The summed E-state index contributed by atoms with van der Waals surface area (Å²) in [5.41, 5.74) is 7.39.